The van der Waals surface area contributed by atoms with Crippen LogP contribution in [0.25, 0.3) is 22.2 Å². The van der Waals surface area contributed by atoms with E-state index in [1.807, 2.05) is 48.5 Å². The molecule has 0 saturated heterocycles. The summed E-state index contributed by atoms with van der Waals surface area (Å²) in [5.74, 6) is 0.715. The van der Waals surface area contributed by atoms with Gasteiger partial charge in [0, 0.05) is 21.1 Å². The Bertz CT molecular complexity index is 772. The Kier molecular flexibility index (Phi) is 3.32. The van der Waals surface area contributed by atoms with Gasteiger partial charge in [-0.15, -0.1) is 0 Å². The molecule has 0 spiro atoms. The zero-order valence-corrected chi connectivity index (χ0v) is 12.5. The van der Waals surface area contributed by atoms with Gasteiger partial charge in [0.2, 0.25) is 0 Å². The Hall–Kier alpha value is -2.07. The fourth-order valence-corrected chi connectivity index (χ4v) is 2.78. The highest BCUT2D eigenvalue weighted by molar-refractivity contribution is 9.10. The fourth-order valence-electron chi connectivity index (χ4n) is 2.23. The smallest absolute Gasteiger partial charge is 0.145 e. The third-order valence-electron chi connectivity index (χ3n) is 3.19. The molecule has 100 valence electrons. The molecule has 0 unspecified atom stereocenters. The van der Waals surface area contributed by atoms with E-state index in [2.05, 4.69) is 15.9 Å². The molecule has 1 aromatic heterocycles. The number of aromatic nitrogens is 1. The van der Waals surface area contributed by atoms with E-state index >= 15 is 0 Å². The molecule has 0 amide bonds. The van der Waals surface area contributed by atoms with Gasteiger partial charge in [-0.25, -0.2) is 4.98 Å². The minimum atomic E-state index is 0.680. The van der Waals surface area contributed by atoms with Crippen molar-refractivity contribution in [3.05, 3.63) is 53.0 Å². The number of hydrogen-bond donors (Lipinski definition) is 1. The predicted octanol–water partition coefficient (Wildman–Crippen LogP) is 4.26. The van der Waals surface area contributed by atoms with Gasteiger partial charge in [0.05, 0.1) is 12.8 Å². The van der Waals surface area contributed by atoms with Crippen molar-refractivity contribution >= 4 is 32.5 Å². The summed E-state index contributed by atoms with van der Waals surface area (Å²) >= 11 is 3.52. The van der Waals surface area contributed by atoms with Crippen molar-refractivity contribution in [2.45, 2.75) is 0 Å². The number of benzene rings is 2. The SMILES string of the molecule is COc1ccc(Br)c2c(N)cc(-c3ccccc3)nc12. The summed E-state index contributed by atoms with van der Waals surface area (Å²) in [4.78, 5) is 4.70. The second-order valence-corrected chi connectivity index (χ2v) is 5.29. The second kappa shape index (κ2) is 5.13. The number of nitrogens with zero attached hydrogens (tertiary/aromatic N) is 1. The summed E-state index contributed by atoms with van der Waals surface area (Å²) in [6, 6.07) is 15.7. The largest absolute Gasteiger partial charge is 0.494 e. The molecule has 1 heterocycles. The van der Waals surface area contributed by atoms with Crippen molar-refractivity contribution in [2.24, 2.45) is 0 Å². The lowest BCUT2D eigenvalue weighted by molar-refractivity contribution is 0.419. The number of anilines is 1. The second-order valence-electron chi connectivity index (χ2n) is 4.44. The average molecular weight is 329 g/mol. The zero-order chi connectivity index (χ0) is 14.1. The molecule has 0 bridgehead atoms. The lowest BCUT2D eigenvalue weighted by Crippen LogP contribution is -1.96. The van der Waals surface area contributed by atoms with Gasteiger partial charge in [0.15, 0.2) is 0 Å². The maximum atomic E-state index is 6.19. The number of ether oxygens (including phenoxy) is 1. The van der Waals surface area contributed by atoms with Crippen LogP contribution in [0.15, 0.2) is 53.0 Å². The van der Waals surface area contributed by atoms with E-state index in [-0.39, 0.29) is 0 Å². The molecular formula is C16H13BrN2O. The minimum absolute atomic E-state index is 0.680. The van der Waals surface area contributed by atoms with E-state index < -0.39 is 0 Å². The van der Waals surface area contributed by atoms with E-state index in [1.54, 1.807) is 7.11 Å². The first-order valence-corrected chi connectivity index (χ1v) is 6.98. The number of fused-ring (bicyclic) bond motifs is 1. The van der Waals surface area contributed by atoms with Crippen LogP contribution in [0.1, 0.15) is 0 Å². The Balaban J connectivity index is 2.33. The molecule has 3 aromatic rings. The first kappa shape index (κ1) is 12.9. The molecule has 2 aromatic carbocycles. The van der Waals surface area contributed by atoms with Crippen LogP contribution in [0, 0.1) is 0 Å². The standard InChI is InChI=1S/C16H13BrN2O/c1-20-14-8-7-11(17)15-12(18)9-13(19-16(14)15)10-5-3-2-4-6-10/h2-9H,1H3,(H2,18,19). The third-order valence-corrected chi connectivity index (χ3v) is 3.85. The number of halogens is 1. The topological polar surface area (TPSA) is 48.1 Å². The molecule has 0 atom stereocenters. The van der Waals surface area contributed by atoms with Crippen LogP contribution in [0.4, 0.5) is 5.69 Å². The summed E-state index contributed by atoms with van der Waals surface area (Å²) in [7, 11) is 1.63. The van der Waals surface area contributed by atoms with Crippen molar-refractivity contribution in [1.82, 2.24) is 4.98 Å². The molecule has 0 aliphatic carbocycles. The molecular weight excluding hydrogens is 316 g/mol. The molecule has 0 aliphatic heterocycles. The Labute approximate surface area is 125 Å². The number of rotatable bonds is 2. The Morgan fingerprint density at radius 3 is 2.55 bits per heavy atom. The van der Waals surface area contributed by atoms with Crippen LogP contribution in [-0.4, -0.2) is 12.1 Å². The van der Waals surface area contributed by atoms with Crippen LogP contribution >= 0.6 is 15.9 Å². The summed E-state index contributed by atoms with van der Waals surface area (Å²) < 4.78 is 6.30. The van der Waals surface area contributed by atoms with Crippen LogP contribution in [0.5, 0.6) is 5.75 Å². The van der Waals surface area contributed by atoms with Gasteiger partial charge in [-0.3, -0.25) is 0 Å². The first-order chi connectivity index (χ1) is 9.70. The van der Waals surface area contributed by atoms with Crippen molar-refractivity contribution in [3.8, 4) is 17.0 Å². The number of pyridine rings is 1. The monoisotopic (exact) mass is 328 g/mol. The van der Waals surface area contributed by atoms with E-state index in [4.69, 9.17) is 15.5 Å². The lowest BCUT2D eigenvalue weighted by Gasteiger charge is -2.11. The van der Waals surface area contributed by atoms with E-state index in [9.17, 15) is 0 Å². The fraction of sp³-hybridized carbons (Fsp3) is 0.0625. The zero-order valence-electron chi connectivity index (χ0n) is 10.9. The average Bonchev–Trinajstić information content (AvgIpc) is 2.48. The highest BCUT2D eigenvalue weighted by Gasteiger charge is 2.12. The van der Waals surface area contributed by atoms with Crippen molar-refractivity contribution in [1.29, 1.82) is 0 Å². The number of nitrogen functional groups attached to an aromatic ring is 1. The summed E-state index contributed by atoms with van der Waals surface area (Å²) in [6.07, 6.45) is 0. The minimum Gasteiger partial charge on any atom is -0.494 e. The van der Waals surface area contributed by atoms with Crippen molar-refractivity contribution < 1.29 is 4.74 Å². The van der Waals surface area contributed by atoms with E-state index in [0.29, 0.717) is 11.4 Å². The third kappa shape index (κ3) is 2.12. The molecule has 20 heavy (non-hydrogen) atoms. The van der Waals surface area contributed by atoms with Gasteiger partial charge in [0.25, 0.3) is 0 Å². The molecule has 2 N–H and O–H groups in total. The highest BCUT2D eigenvalue weighted by Crippen LogP contribution is 2.36. The molecule has 0 radical (unpaired) electrons. The normalized spacial score (nSPS) is 10.7. The van der Waals surface area contributed by atoms with Gasteiger partial charge in [-0.05, 0) is 18.2 Å². The van der Waals surface area contributed by atoms with Crippen LogP contribution < -0.4 is 10.5 Å². The first-order valence-electron chi connectivity index (χ1n) is 6.19. The molecule has 3 rings (SSSR count). The Morgan fingerprint density at radius 1 is 1.10 bits per heavy atom. The molecule has 4 heteroatoms. The van der Waals surface area contributed by atoms with Gasteiger partial charge in [0.1, 0.15) is 11.3 Å². The lowest BCUT2D eigenvalue weighted by atomic mass is 10.1. The van der Waals surface area contributed by atoms with Crippen molar-refractivity contribution in [3.63, 3.8) is 0 Å². The summed E-state index contributed by atoms with van der Waals surface area (Å²) in [5.41, 5.74) is 9.51. The van der Waals surface area contributed by atoms with E-state index in [1.165, 1.54) is 0 Å². The van der Waals surface area contributed by atoms with Crippen LogP contribution in [0.3, 0.4) is 0 Å². The number of hydrogen-bond acceptors (Lipinski definition) is 3. The molecule has 3 nitrogen and oxygen atoms in total. The maximum absolute atomic E-state index is 6.19. The maximum Gasteiger partial charge on any atom is 0.145 e. The van der Waals surface area contributed by atoms with Crippen LogP contribution in [-0.2, 0) is 0 Å². The summed E-state index contributed by atoms with van der Waals surface area (Å²) in [6.45, 7) is 0. The van der Waals surface area contributed by atoms with E-state index in [0.717, 1.165) is 26.6 Å². The quantitative estimate of drug-likeness (QED) is 0.764. The highest BCUT2D eigenvalue weighted by atomic mass is 79.9. The molecule has 0 saturated carbocycles. The predicted molar refractivity (Wildman–Crippen MR) is 85.8 cm³/mol. The van der Waals surface area contributed by atoms with Gasteiger partial charge >= 0.3 is 0 Å². The van der Waals surface area contributed by atoms with Crippen LogP contribution in [0.2, 0.25) is 0 Å². The molecule has 0 fully saturated rings. The van der Waals surface area contributed by atoms with Gasteiger partial charge in [-0.1, -0.05) is 46.3 Å². The number of nitrogens with two attached hydrogens (primary N) is 1. The number of methoxy groups -OCH3 is 1. The van der Waals surface area contributed by atoms with Gasteiger partial charge in [-0.2, -0.15) is 0 Å². The summed E-state index contributed by atoms with van der Waals surface area (Å²) in [5, 5.41) is 0.879. The van der Waals surface area contributed by atoms with Crippen molar-refractivity contribution in [2.75, 3.05) is 12.8 Å². The van der Waals surface area contributed by atoms with Gasteiger partial charge < -0.3 is 10.5 Å². The molecule has 0 aliphatic rings. The Morgan fingerprint density at radius 2 is 1.85 bits per heavy atom.